The molecule has 0 N–H and O–H groups in total. The van der Waals surface area contributed by atoms with Gasteiger partial charge in [-0.15, -0.1) is 0 Å². The van der Waals surface area contributed by atoms with Crippen LogP contribution in [0.2, 0.25) is 0 Å². The number of rotatable bonds is 9. The second kappa shape index (κ2) is 14.6. The van der Waals surface area contributed by atoms with Gasteiger partial charge in [0.05, 0.1) is 12.0 Å². The fourth-order valence-corrected chi connectivity index (χ4v) is 6.03. The number of fused-ring (bicyclic) bond motifs is 1. The van der Waals surface area contributed by atoms with Gasteiger partial charge in [-0.05, 0) is 108 Å². The SMILES string of the molecule is CC(C)(C)OC(=O)CCN(CC(=O)N1CCc2cc(OCc3ccc(C4CCCCC4)c(C(F)(F)F)c3)ccc21)C(=O)OC(C)(C)C. The summed E-state index contributed by atoms with van der Waals surface area (Å²) >= 11 is 0. The maximum Gasteiger partial charge on any atom is 0.416 e. The minimum absolute atomic E-state index is 0.0298. The number of carbonyl (C=O) groups is 3. The second-order valence-electron chi connectivity index (χ2n) is 14.4. The van der Waals surface area contributed by atoms with Crippen LogP contribution in [0.4, 0.5) is 23.7 Å². The zero-order chi connectivity index (χ0) is 34.6. The largest absolute Gasteiger partial charge is 0.489 e. The summed E-state index contributed by atoms with van der Waals surface area (Å²) in [5.74, 6) is -0.424. The Bertz CT molecular complexity index is 1440. The molecule has 0 aromatic heterocycles. The van der Waals surface area contributed by atoms with E-state index in [0.29, 0.717) is 35.5 Å². The molecular formula is C36H47F3N2O6. The number of amides is 2. The summed E-state index contributed by atoms with van der Waals surface area (Å²) in [6.07, 6.45) is -0.201. The molecule has 0 saturated heterocycles. The number of alkyl halides is 3. The third-order valence-corrected chi connectivity index (χ3v) is 8.10. The molecule has 2 amide bonds. The van der Waals surface area contributed by atoms with Crippen LogP contribution in [0.3, 0.4) is 0 Å². The minimum Gasteiger partial charge on any atom is -0.489 e. The molecular weight excluding hydrogens is 613 g/mol. The van der Waals surface area contributed by atoms with Gasteiger partial charge in [-0.1, -0.05) is 31.4 Å². The van der Waals surface area contributed by atoms with Crippen LogP contribution in [0.1, 0.15) is 108 Å². The maximum atomic E-state index is 14.0. The number of benzene rings is 2. The van der Waals surface area contributed by atoms with Crippen LogP contribution in [0.25, 0.3) is 0 Å². The Kier molecular flexibility index (Phi) is 11.2. The van der Waals surface area contributed by atoms with E-state index in [1.54, 1.807) is 76.8 Å². The number of hydrogen-bond acceptors (Lipinski definition) is 6. The fraction of sp³-hybridized carbons (Fsp3) is 0.583. The summed E-state index contributed by atoms with van der Waals surface area (Å²) in [6.45, 7) is 10.4. The first-order chi connectivity index (χ1) is 21.9. The van der Waals surface area contributed by atoms with Crippen molar-refractivity contribution in [1.82, 2.24) is 4.90 Å². The number of carbonyl (C=O) groups excluding carboxylic acids is 3. The van der Waals surface area contributed by atoms with Crippen LogP contribution in [0.5, 0.6) is 5.75 Å². The van der Waals surface area contributed by atoms with E-state index < -0.39 is 35.0 Å². The average Bonchev–Trinajstić information content (AvgIpc) is 3.39. The Labute approximate surface area is 275 Å². The lowest BCUT2D eigenvalue weighted by Gasteiger charge is -2.29. The summed E-state index contributed by atoms with van der Waals surface area (Å²) in [7, 11) is 0. The van der Waals surface area contributed by atoms with Crippen molar-refractivity contribution in [1.29, 1.82) is 0 Å². The predicted molar refractivity (Wildman–Crippen MR) is 172 cm³/mol. The van der Waals surface area contributed by atoms with Crippen molar-refractivity contribution in [3.63, 3.8) is 0 Å². The van der Waals surface area contributed by atoms with E-state index in [-0.39, 0.29) is 37.9 Å². The normalized spacial score (nSPS) is 15.6. The standard InChI is InChI=1S/C36H47F3N2O6/c1-34(2,3)46-32(43)17-18-40(33(44)47-35(4,5)6)22-31(42)41-19-16-26-21-27(13-15-30(26)41)45-23-24-12-14-28(25-10-8-7-9-11-25)29(20-24)36(37,38)39/h12-15,20-21,25H,7-11,16-19,22-23H2,1-6H3. The van der Waals surface area contributed by atoms with Gasteiger partial charge in [-0.2, -0.15) is 13.2 Å². The molecule has 0 radical (unpaired) electrons. The van der Waals surface area contributed by atoms with Gasteiger partial charge in [0.1, 0.15) is 30.1 Å². The number of anilines is 1. The molecule has 0 spiro atoms. The van der Waals surface area contributed by atoms with E-state index in [0.717, 1.165) is 37.7 Å². The smallest absolute Gasteiger partial charge is 0.416 e. The molecule has 4 rings (SSSR count). The van der Waals surface area contributed by atoms with E-state index in [9.17, 15) is 27.6 Å². The maximum absolute atomic E-state index is 14.0. The number of nitrogens with zero attached hydrogens (tertiary/aromatic N) is 2. The van der Waals surface area contributed by atoms with Gasteiger partial charge in [0.2, 0.25) is 5.91 Å². The van der Waals surface area contributed by atoms with Gasteiger partial charge in [-0.25, -0.2) is 4.79 Å². The monoisotopic (exact) mass is 660 g/mol. The Morgan fingerprint density at radius 1 is 0.894 bits per heavy atom. The number of esters is 1. The van der Waals surface area contributed by atoms with Crippen molar-refractivity contribution in [2.75, 3.05) is 24.5 Å². The zero-order valence-corrected chi connectivity index (χ0v) is 28.3. The fourth-order valence-electron chi connectivity index (χ4n) is 6.03. The molecule has 0 atom stereocenters. The van der Waals surface area contributed by atoms with E-state index in [2.05, 4.69) is 0 Å². The van der Waals surface area contributed by atoms with Gasteiger partial charge in [0.25, 0.3) is 0 Å². The van der Waals surface area contributed by atoms with Crippen LogP contribution < -0.4 is 9.64 Å². The topological polar surface area (TPSA) is 85.4 Å². The quantitative estimate of drug-likeness (QED) is 0.252. The average molecular weight is 661 g/mol. The van der Waals surface area contributed by atoms with E-state index in [4.69, 9.17) is 14.2 Å². The summed E-state index contributed by atoms with van der Waals surface area (Å²) < 4.78 is 58.8. The Hall–Kier alpha value is -3.76. The van der Waals surface area contributed by atoms with E-state index in [1.165, 1.54) is 11.0 Å². The molecule has 1 aliphatic carbocycles. The first-order valence-corrected chi connectivity index (χ1v) is 16.4. The van der Waals surface area contributed by atoms with Crippen LogP contribution in [-0.2, 0) is 38.3 Å². The first kappa shape index (κ1) is 36.1. The summed E-state index contributed by atoms with van der Waals surface area (Å²) in [5.41, 5.74) is 0.247. The predicted octanol–water partition coefficient (Wildman–Crippen LogP) is 8.19. The van der Waals surface area contributed by atoms with Gasteiger partial charge < -0.3 is 19.1 Å². The Morgan fingerprint density at radius 3 is 2.21 bits per heavy atom. The molecule has 0 bridgehead atoms. The van der Waals surface area contributed by atoms with Gasteiger partial charge in [0.15, 0.2) is 0 Å². The highest BCUT2D eigenvalue weighted by Gasteiger charge is 2.36. The van der Waals surface area contributed by atoms with Crippen molar-refractivity contribution >= 4 is 23.7 Å². The molecule has 1 fully saturated rings. The number of hydrogen-bond donors (Lipinski definition) is 0. The van der Waals surface area contributed by atoms with Crippen LogP contribution in [0.15, 0.2) is 36.4 Å². The van der Waals surface area contributed by atoms with E-state index >= 15 is 0 Å². The zero-order valence-electron chi connectivity index (χ0n) is 28.3. The molecule has 258 valence electrons. The third kappa shape index (κ3) is 10.4. The van der Waals surface area contributed by atoms with E-state index in [1.807, 2.05) is 0 Å². The molecule has 2 aromatic carbocycles. The van der Waals surface area contributed by atoms with Crippen LogP contribution in [-0.4, -0.2) is 53.7 Å². The van der Waals surface area contributed by atoms with Gasteiger partial charge >= 0.3 is 18.2 Å². The van der Waals surface area contributed by atoms with Crippen molar-refractivity contribution < 1.29 is 41.8 Å². The Balaban J connectivity index is 1.42. The van der Waals surface area contributed by atoms with Crippen molar-refractivity contribution in [3.8, 4) is 5.75 Å². The van der Waals surface area contributed by atoms with Crippen molar-refractivity contribution in [2.24, 2.45) is 0 Å². The van der Waals surface area contributed by atoms with Crippen LogP contribution in [0, 0.1) is 0 Å². The van der Waals surface area contributed by atoms with Crippen molar-refractivity contribution in [3.05, 3.63) is 58.7 Å². The Morgan fingerprint density at radius 2 is 1.57 bits per heavy atom. The first-order valence-electron chi connectivity index (χ1n) is 16.4. The molecule has 47 heavy (non-hydrogen) atoms. The summed E-state index contributed by atoms with van der Waals surface area (Å²) in [5, 5.41) is 0. The molecule has 1 aliphatic heterocycles. The number of ether oxygens (including phenoxy) is 3. The molecule has 8 nitrogen and oxygen atoms in total. The summed E-state index contributed by atoms with van der Waals surface area (Å²) in [4.78, 5) is 41.5. The minimum atomic E-state index is -4.44. The van der Waals surface area contributed by atoms with Gasteiger partial charge in [-0.3, -0.25) is 14.5 Å². The lowest BCUT2D eigenvalue weighted by Crippen LogP contribution is -2.45. The highest BCUT2D eigenvalue weighted by atomic mass is 19.4. The molecule has 1 saturated carbocycles. The third-order valence-electron chi connectivity index (χ3n) is 8.10. The van der Waals surface area contributed by atoms with Crippen LogP contribution >= 0.6 is 0 Å². The van der Waals surface area contributed by atoms with Crippen molar-refractivity contribution in [2.45, 2.75) is 116 Å². The number of halogens is 3. The molecule has 2 aromatic rings. The van der Waals surface area contributed by atoms with Gasteiger partial charge in [0, 0.05) is 18.8 Å². The highest BCUT2D eigenvalue weighted by Crippen LogP contribution is 2.41. The molecule has 11 heteroatoms. The lowest BCUT2D eigenvalue weighted by molar-refractivity contribution is -0.155. The molecule has 1 heterocycles. The molecule has 0 unspecified atom stereocenters. The second-order valence-corrected chi connectivity index (χ2v) is 14.4. The summed E-state index contributed by atoms with van der Waals surface area (Å²) in [6, 6.07) is 9.74. The molecule has 2 aliphatic rings. The highest BCUT2D eigenvalue weighted by molar-refractivity contribution is 5.98. The lowest BCUT2D eigenvalue weighted by atomic mass is 9.81.